The minimum Gasteiger partial charge on any atom is -0.459 e. The first kappa shape index (κ1) is 37.1. The number of aliphatic hydroxyl groups excluding tert-OH is 2. The molecule has 3 aromatic carbocycles. The molecule has 9 heteroatoms. The second-order valence-electron chi connectivity index (χ2n) is 15.0. The van der Waals surface area contributed by atoms with Gasteiger partial charge >= 0.3 is 0 Å². The van der Waals surface area contributed by atoms with Gasteiger partial charge in [-0.1, -0.05) is 60.5 Å². The first-order valence-electron chi connectivity index (χ1n) is 19.6. The van der Waals surface area contributed by atoms with E-state index in [-0.39, 0.29) is 55.3 Å². The summed E-state index contributed by atoms with van der Waals surface area (Å²) in [5.74, 6) is 0.943. The van der Waals surface area contributed by atoms with Crippen molar-refractivity contribution in [3.63, 3.8) is 0 Å². The molecule has 0 aromatic heterocycles. The SMILES string of the molecule is C=CCO[C@@]12Oc3ccc(Oc4ccc5ccccc5c4)cc3[C@H]3[C@H](CCCCO)[C@@H](CCCCO)C=C(C(=NOCC)C[C@@H]1N(C)C(=O)C1CC1)[C@H]32. The molecule has 1 amide bonds. The Kier molecular flexibility index (Phi) is 11.5. The van der Waals surface area contributed by atoms with Crippen molar-refractivity contribution in [2.75, 3.05) is 33.5 Å². The highest BCUT2D eigenvalue weighted by atomic mass is 16.7. The van der Waals surface area contributed by atoms with Crippen LogP contribution in [0.25, 0.3) is 10.8 Å². The van der Waals surface area contributed by atoms with Crippen molar-refractivity contribution in [3.05, 3.63) is 90.5 Å². The quantitative estimate of drug-likeness (QED) is 0.0822. The minimum atomic E-state index is -1.23. The third-order valence-corrected chi connectivity index (χ3v) is 11.6. The maximum atomic E-state index is 13.9. The van der Waals surface area contributed by atoms with Gasteiger partial charge in [-0.25, -0.2) is 0 Å². The highest BCUT2D eigenvalue weighted by Crippen LogP contribution is 2.62. The molecule has 3 aliphatic carbocycles. The van der Waals surface area contributed by atoms with E-state index in [2.05, 4.69) is 43.0 Å². The van der Waals surface area contributed by atoms with Crippen LogP contribution in [0.15, 0.2) is 90.1 Å². The fourth-order valence-electron chi connectivity index (χ4n) is 9.07. The number of benzene rings is 3. The number of amides is 1. The summed E-state index contributed by atoms with van der Waals surface area (Å²) in [6.07, 6.45) is 11.2. The fourth-order valence-corrected chi connectivity index (χ4v) is 9.07. The molecule has 6 atom stereocenters. The summed E-state index contributed by atoms with van der Waals surface area (Å²) in [4.78, 5) is 21.5. The Bertz CT molecular complexity index is 1840. The van der Waals surface area contributed by atoms with E-state index in [0.29, 0.717) is 30.9 Å². The average molecular weight is 723 g/mol. The number of likely N-dealkylation sites (N-methyl/N-ethyl adjacent to an activating group) is 1. The number of nitrogens with zero attached hydrogens (tertiary/aromatic N) is 2. The molecule has 3 aromatic rings. The largest absolute Gasteiger partial charge is 0.459 e. The van der Waals surface area contributed by atoms with Crippen LogP contribution in [0.4, 0.5) is 0 Å². The molecule has 0 saturated heterocycles. The number of unbranched alkanes of at least 4 members (excludes halogenated alkanes) is 2. The molecule has 4 aliphatic rings. The smallest absolute Gasteiger partial charge is 0.239 e. The molecule has 0 radical (unpaired) electrons. The van der Waals surface area contributed by atoms with Gasteiger partial charge in [0.05, 0.1) is 18.2 Å². The second kappa shape index (κ2) is 16.5. The number of fused-ring (bicyclic) bond motifs is 3. The molecule has 2 saturated carbocycles. The standard InChI is InChI=1S/C44H54N2O7/c1-4-24-50-44-40(46(3)43(49)30-16-17-30)28-38(45-51-5-2)36-26-32(14-8-10-22-47)35(15-9-11-23-48)41(42(36)44)37-27-34(20-21-39(37)53-44)52-33-19-18-29-12-6-7-13-31(29)25-33/h4,6-7,12-13,18-21,25-27,30,32,35,40-42,47-48H,1,5,8-11,14-17,22-24,28H2,2-3H3/t32-,35+,40-,41+,42+,44+/m0/s1. The highest BCUT2D eigenvalue weighted by molar-refractivity contribution is 6.03. The van der Waals surface area contributed by atoms with Gasteiger partial charge in [-0.05, 0) is 104 Å². The highest BCUT2D eigenvalue weighted by Gasteiger charge is 2.65. The molecule has 2 N–H and O–H groups in total. The third kappa shape index (κ3) is 7.48. The summed E-state index contributed by atoms with van der Waals surface area (Å²) < 4.78 is 20.8. The molecular weight excluding hydrogens is 668 g/mol. The van der Waals surface area contributed by atoms with Crippen LogP contribution < -0.4 is 9.47 Å². The Morgan fingerprint density at radius 1 is 1.00 bits per heavy atom. The van der Waals surface area contributed by atoms with Crippen molar-refractivity contribution >= 4 is 22.4 Å². The minimum absolute atomic E-state index is 0.00986. The normalized spacial score (nSPS) is 26.6. The van der Waals surface area contributed by atoms with Crippen molar-refractivity contribution in [2.45, 2.75) is 82.5 Å². The number of carbonyl (C=O) groups excluding carboxylic acids is 1. The van der Waals surface area contributed by atoms with Gasteiger partial charge in [0.2, 0.25) is 11.7 Å². The molecular formula is C44H54N2O7. The first-order chi connectivity index (χ1) is 25.9. The lowest BCUT2D eigenvalue weighted by atomic mass is 9.55. The van der Waals surface area contributed by atoms with Gasteiger partial charge in [0.15, 0.2) is 0 Å². The lowest BCUT2D eigenvalue weighted by molar-refractivity contribution is -0.255. The number of allylic oxidation sites excluding steroid dienone is 1. The van der Waals surface area contributed by atoms with Gasteiger partial charge in [0.1, 0.15) is 29.9 Å². The Balaban J connectivity index is 1.40. The van der Waals surface area contributed by atoms with Crippen LogP contribution in [0.1, 0.15) is 76.2 Å². The van der Waals surface area contributed by atoms with Crippen LogP contribution in [0.3, 0.4) is 0 Å². The maximum Gasteiger partial charge on any atom is 0.239 e. The van der Waals surface area contributed by atoms with Crippen molar-refractivity contribution < 1.29 is 34.1 Å². The molecule has 0 bridgehead atoms. The number of hydrogen-bond acceptors (Lipinski definition) is 8. The van der Waals surface area contributed by atoms with Gasteiger partial charge in [-0.3, -0.25) is 4.79 Å². The van der Waals surface area contributed by atoms with E-state index in [9.17, 15) is 15.0 Å². The molecule has 1 heterocycles. The van der Waals surface area contributed by atoms with Crippen molar-refractivity contribution in [3.8, 4) is 17.2 Å². The summed E-state index contributed by atoms with van der Waals surface area (Å²) in [6.45, 7) is 6.87. The van der Waals surface area contributed by atoms with Crippen molar-refractivity contribution in [1.29, 1.82) is 0 Å². The summed E-state index contributed by atoms with van der Waals surface area (Å²) >= 11 is 0. The van der Waals surface area contributed by atoms with Gasteiger partial charge in [0.25, 0.3) is 0 Å². The Morgan fingerprint density at radius 3 is 2.47 bits per heavy atom. The van der Waals surface area contributed by atoms with E-state index in [0.717, 1.165) is 78.3 Å². The van der Waals surface area contributed by atoms with E-state index in [1.54, 1.807) is 6.08 Å². The molecule has 282 valence electrons. The number of rotatable bonds is 17. The average Bonchev–Trinajstić information content (AvgIpc) is 4.03. The van der Waals surface area contributed by atoms with Crippen molar-refractivity contribution in [1.82, 2.24) is 4.90 Å². The summed E-state index contributed by atoms with van der Waals surface area (Å²) in [7, 11) is 1.88. The van der Waals surface area contributed by atoms with Crippen LogP contribution in [0.2, 0.25) is 0 Å². The fraction of sp³-hybridized carbons (Fsp3) is 0.500. The van der Waals surface area contributed by atoms with Gasteiger partial charge in [-0.15, -0.1) is 6.58 Å². The second-order valence-corrected chi connectivity index (χ2v) is 15.0. The number of aliphatic hydroxyl groups is 2. The zero-order chi connectivity index (χ0) is 37.0. The summed E-state index contributed by atoms with van der Waals surface area (Å²) in [6, 6.07) is 20.0. The predicted octanol–water partition coefficient (Wildman–Crippen LogP) is 8.15. The molecule has 7 rings (SSSR count). The van der Waals surface area contributed by atoms with E-state index in [1.165, 1.54) is 0 Å². The van der Waals surface area contributed by atoms with Crippen LogP contribution in [-0.2, 0) is 14.4 Å². The van der Waals surface area contributed by atoms with E-state index in [4.69, 9.17) is 24.2 Å². The molecule has 9 nitrogen and oxygen atoms in total. The molecule has 0 spiro atoms. The van der Waals surface area contributed by atoms with Crippen LogP contribution in [0, 0.1) is 23.7 Å². The van der Waals surface area contributed by atoms with Crippen LogP contribution in [-0.4, -0.2) is 72.0 Å². The summed E-state index contributed by atoms with van der Waals surface area (Å²) in [5, 5.41) is 26.6. The van der Waals surface area contributed by atoms with Crippen LogP contribution in [0.5, 0.6) is 17.2 Å². The number of oxime groups is 1. The number of ether oxygens (including phenoxy) is 3. The Morgan fingerprint density at radius 2 is 1.74 bits per heavy atom. The van der Waals surface area contributed by atoms with Gasteiger partial charge < -0.3 is 34.2 Å². The molecule has 2 fully saturated rings. The zero-order valence-electron chi connectivity index (χ0n) is 31.1. The molecule has 0 unspecified atom stereocenters. The predicted molar refractivity (Wildman–Crippen MR) is 206 cm³/mol. The first-order valence-corrected chi connectivity index (χ1v) is 19.6. The third-order valence-electron chi connectivity index (χ3n) is 11.6. The lowest BCUT2D eigenvalue weighted by Crippen LogP contribution is -2.69. The molecule has 1 aliphatic heterocycles. The Hall–Kier alpha value is -4.18. The molecule has 53 heavy (non-hydrogen) atoms. The number of hydrogen-bond donors (Lipinski definition) is 2. The van der Waals surface area contributed by atoms with Gasteiger partial charge in [0, 0.05) is 44.1 Å². The zero-order valence-corrected chi connectivity index (χ0v) is 31.1. The lowest BCUT2D eigenvalue weighted by Gasteiger charge is -2.59. The van der Waals surface area contributed by atoms with Gasteiger partial charge in [-0.2, -0.15) is 0 Å². The monoisotopic (exact) mass is 722 g/mol. The van der Waals surface area contributed by atoms with E-state index in [1.807, 2.05) is 49.2 Å². The number of carbonyl (C=O) groups is 1. The Labute approximate surface area is 313 Å². The van der Waals surface area contributed by atoms with Crippen LogP contribution >= 0.6 is 0 Å². The van der Waals surface area contributed by atoms with E-state index >= 15 is 0 Å². The topological polar surface area (TPSA) is 110 Å². The maximum absolute atomic E-state index is 13.9. The van der Waals surface area contributed by atoms with Crippen molar-refractivity contribution in [2.24, 2.45) is 28.8 Å². The summed E-state index contributed by atoms with van der Waals surface area (Å²) in [5.41, 5.74) is 2.89. The van der Waals surface area contributed by atoms with E-state index < -0.39 is 11.8 Å².